The van der Waals surface area contributed by atoms with E-state index in [4.69, 9.17) is 5.26 Å². The van der Waals surface area contributed by atoms with E-state index in [0.29, 0.717) is 6.42 Å². The van der Waals surface area contributed by atoms with Gasteiger partial charge in [-0.05, 0) is 19.2 Å². The molecule has 3 heteroatoms. The van der Waals surface area contributed by atoms with E-state index in [1.807, 2.05) is 25.2 Å². The molecule has 13 heavy (non-hydrogen) atoms. The second kappa shape index (κ2) is 5.28. The van der Waals surface area contributed by atoms with E-state index in [9.17, 15) is 0 Å². The summed E-state index contributed by atoms with van der Waals surface area (Å²) in [4.78, 5) is 6.29. The normalized spacial score (nSPS) is 9.92. The van der Waals surface area contributed by atoms with Gasteiger partial charge in [0.2, 0.25) is 0 Å². The van der Waals surface area contributed by atoms with Crippen molar-refractivity contribution in [2.75, 3.05) is 13.6 Å². The number of hydrogen-bond acceptors (Lipinski definition) is 3. The van der Waals surface area contributed by atoms with Crippen LogP contribution in [-0.2, 0) is 6.54 Å². The second-order valence-corrected chi connectivity index (χ2v) is 2.97. The van der Waals surface area contributed by atoms with E-state index in [2.05, 4.69) is 16.0 Å². The van der Waals surface area contributed by atoms with E-state index in [-0.39, 0.29) is 0 Å². The molecule has 0 aromatic carbocycles. The molecule has 1 aromatic heterocycles. The maximum Gasteiger partial charge on any atom is 0.0635 e. The standard InChI is InChI=1S/C10H13N3/c1-13(8-4-6-11)9-10-5-2-3-7-12-10/h2-3,5,7H,4,8-9H2,1H3. The second-order valence-electron chi connectivity index (χ2n) is 2.97. The minimum Gasteiger partial charge on any atom is -0.300 e. The van der Waals surface area contributed by atoms with E-state index in [0.717, 1.165) is 18.8 Å². The lowest BCUT2D eigenvalue weighted by molar-refractivity contribution is 0.331. The molecular weight excluding hydrogens is 162 g/mol. The molecule has 68 valence electrons. The Labute approximate surface area is 78.6 Å². The number of hydrogen-bond donors (Lipinski definition) is 0. The number of nitrogens with zero attached hydrogens (tertiary/aromatic N) is 3. The van der Waals surface area contributed by atoms with Crippen molar-refractivity contribution in [2.24, 2.45) is 0 Å². The summed E-state index contributed by atoms with van der Waals surface area (Å²) in [5.41, 5.74) is 1.04. The first-order valence-corrected chi connectivity index (χ1v) is 4.28. The van der Waals surface area contributed by atoms with Crippen LogP contribution < -0.4 is 0 Å². The first-order valence-electron chi connectivity index (χ1n) is 4.28. The quantitative estimate of drug-likeness (QED) is 0.695. The lowest BCUT2D eigenvalue weighted by Gasteiger charge is -2.13. The SMILES string of the molecule is CN(CCC#N)Cc1ccccn1. The predicted molar refractivity (Wildman–Crippen MR) is 50.8 cm³/mol. The Balaban J connectivity index is 2.37. The molecule has 0 N–H and O–H groups in total. The average molecular weight is 175 g/mol. The summed E-state index contributed by atoms with van der Waals surface area (Å²) >= 11 is 0. The summed E-state index contributed by atoms with van der Waals surface area (Å²) in [5, 5.41) is 8.39. The Hall–Kier alpha value is -1.40. The van der Waals surface area contributed by atoms with Crippen LogP contribution in [-0.4, -0.2) is 23.5 Å². The zero-order valence-corrected chi connectivity index (χ0v) is 7.77. The van der Waals surface area contributed by atoms with Gasteiger partial charge in [0.15, 0.2) is 0 Å². The molecule has 0 aliphatic carbocycles. The number of aromatic nitrogens is 1. The van der Waals surface area contributed by atoms with Gasteiger partial charge in [-0.15, -0.1) is 0 Å². The number of pyridine rings is 1. The third-order valence-corrected chi connectivity index (χ3v) is 1.76. The summed E-state index contributed by atoms with van der Waals surface area (Å²) in [6, 6.07) is 7.99. The van der Waals surface area contributed by atoms with Crippen LogP contribution in [0, 0.1) is 11.3 Å². The summed E-state index contributed by atoms with van der Waals surface area (Å²) in [5.74, 6) is 0. The fourth-order valence-electron chi connectivity index (χ4n) is 1.09. The van der Waals surface area contributed by atoms with Crippen LogP contribution in [0.15, 0.2) is 24.4 Å². The van der Waals surface area contributed by atoms with Crippen LogP contribution in [0.5, 0.6) is 0 Å². The highest BCUT2D eigenvalue weighted by Gasteiger charge is 1.99. The van der Waals surface area contributed by atoms with E-state index in [1.165, 1.54) is 0 Å². The largest absolute Gasteiger partial charge is 0.300 e. The molecule has 0 unspecified atom stereocenters. The molecule has 0 saturated carbocycles. The Morgan fingerprint density at radius 2 is 2.38 bits per heavy atom. The van der Waals surface area contributed by atoms with Crippen LogP contribution in [0.1, 0.15) is 12.1 Å². The minimum absolute atomic E-state index is 0.573. The number of nitriles is 1. The first-order chi connectivity index (χ1) is 6.33. The maximum atomic E-state index is 8.39. The molecule has 0 saturated heterocycles. The zero-order valence-electron chi connectivity index (χ0n) is 7.77. The number of rotatable bonds is 4. The molecule has 1 heterocycles. The van der Waals surface area contributed by atoms with Gasteiger partial charge < -0.3 is 0 Å². The van der Waals surface area contributed by atoms with Gasteiger partial charge >= 0.3 is 0 Å². The van der Waals surface area contributed by atoms with Gasteiger partial charge in [0.25, 0.3) is 0 Å². The topological polar surface area (TPSA) is 39.9 Å². The average Bonchev–Trinajstić information content (AvgIpc) is 2.16. The van der Waals surface area contributed by atoms with Crippen molar-refractivity contribution in [3.05, 3.63) is 30.1 Å². The van der Waals surface area contributed by atoms with Crippen molar-refractivity contribution in [2.45, 2.75) is 13.0 Å². The fourth-order valence-corrected chi connectivity index (χ4v) is 1.09. The summed E-state index contributed by atoms with van der Waals surface area (Å²) in [6.07, 6.45) is 2.36. The monoisotopic (exact) mass is 175 g/mol. The molecule has 0 amide bonds. The van der Waals surface area contributed by atoms with Gasteiger partial charge in [-0.3, -0.25) is 9.88 Å². The van der Waals surface area contributed by atoms with Crippen LogP contribution in [0.25, 0.3) is 0 Å². The van der Waals surface area contributed by atoms with E-state index < -0.39 is 0 Å². The molecule has 3 nitrogen and oxygen atoms in total. The van der Waals surface area contributed by atoms with Gasteiger partial charge in [-0.25, -0.2) is 0 Å². The summed E-state index contributed by atoms with van der Waals surface area (Å²) in [7, 11) is 1.99. The maximum absolute atomic E-state index is 8.39. The van der Waals surface area contributed by atoms with Gasteiger partial charge in [-0.1, -0.05) is 6.07 Å². The smallest absolute Gasteiger partial charge is 0.0635 e. The van der Waals surface area contributed by atoms with Crippen molar-refractivity contribution in [3.63, 3.8) is 0 Å². The Bertz CT molecular complexity index is 276. The molecule has 0 spiro atoms. The Morgan fingerprint density at radius 1 is 1.54 bits per heavy atom. The van der Waals surface area contributed by atoms with Gasteiger partial charge in [-0.2, -0.15) is 5.26 Å². The van der Waals surface area contributed by atoms with Gasteiger partial charge in [0.05, 0.1) is 11.8 Å². The molecule has 0 radical (unpaired) electrons. The molecule has 1 rings (SSSR count). The lowest BCUT2D eigenvalue weighted by atomic mass is 10.3. The van der Waals surface area contributed by atoms with Crippen molar-refractivity contribution >= 4 is 0 Å². The Morgan fingerprint density at radius 3 is 3.00 bits per heavy atom. The molecule has 0 bridgehead atoms. The highest BCUT2D eigenvalue weighted by atomic mass is 15.1. The molecule has 0 aliphatic rings. The van der Waals surface area contributed by atoms with Gasteiger partial charge in [0.1, 0.15) is 0 Å². The zero-order chi connectivity index (χ0) is 9.52. The first kappa shape index (κ1) is 9.69. The molecule has 1 aromatic rings. The molecule has 0 atom stereocenters. The van der Waals surface area contributed by atoms with Crippen molar-refractivity contribution in [1.82, 2.24) is 9.88 Å². The van der Waals surface area contributed by atoms with Crippen LogP contribution in [0.3, 0.4) is 0 Å². The highest BCUT2D eigenvalue weighted by Crippen LogP contribution is 1.98. The summed E-state index contributed by atoms with van der Waals surface area (Å²) < 4.78 is 0. The summed E-state index contributed by atoms with van der Waals surface area (Å²) in [6.45, 7) is 1.61. The van der Waals surface area contributed by atoms with Crippen molar-refractivity contribution < 1.29 is 0 Å². The van der Waals surface area contributed by atoms with Crippen LogP contribution in [0.4, 0.5) is 0 Å². The minimum atomic E-state index is 0.573. The Kier molecular flexibility index (Phi) is 3.94. The van der Waals surface area contributed by atoms with Crippen LogP contribution >= 0.6 is 0 Å². The predicted octanol–water partition coefficient (Wildman–Crippen LogP) is 1.43. The molecule has 0 aliphatic heterocycles. The molecular formula is C10H13N3. The third-order valence-electron chi connectivity index (χ3n) is 1.76. The third kappa shape index (κ3) is 3.68. The lowest BCUT2D eigenvalue weighted by Crippen LogP contribution is -2.19. The van der Waals surface area contributed by atoms with Crippen LogP contribution in [0.2, 0.25) is 0 Å². The van der Waals surface area contributed by atoms with Crippen molar-refractivity contribution in [3.8, 4) is 6.07 Å². The van der Waals surface area contributed by atoms with Gasteiger partial charge in [0, 0.05) is 25.7 Å². The van der Waals surface area contributed by atoms with E-state index >= 15 is 0 Å². The highest BCUT2D eigenvalue weighted by molar-refractivity contribution is 5.03. The fraction of sp³-hybridized carbons (Fsp3) is 0.400. The van der Waals surface area contributed by atoms with E-state index in [1.54, 1.807) is 6.20 Å². The van der Waals surface area contributed by atoms with Crippen molar-refractivity contribution in [1.29, 1.82) is 5.26 Å². The molecule has 0 fully saturated rings.